The largest absolute Gasteiger partial charge is 0.418 e. The number of rotatable bonds is 2. The molecule has 0 aliphatic heterocycles. The second kappa shape index (κ2) is 4.41. The van der Waals surface area contributed by atoms with Gasteiger partial charge in [-0.15, -0.1) is 5.92 Å². The number of aliphatic hydroxyl groups excluding tert-OH is 1. The third-order valence-electron chi connectivity index (χ3n) is 1.84. The predicted octanol–water partition coefficient (Wildman–Crippen LogP) is 2.11. The molecule has 82 valence electrons. The summed E-state index contributed by atoms with van der Waals surface area (Å²) in [7, 11) is 0. The van der Waals surface area contributed by atoms with Gasteiger partial charge >= 0.3 is 6.18 Å². The molecule has 1 rings (SSSR count). The van der Waals surface area contributed by atoms with Gasteiger partial charge in [0.1, 0.15) is 0 Å². The highest BCUT2D eigenvalue weighted by Gasteiger charge is 2.39. The van der Waals surface area contributed by atoms with E-state index in [1.165, 1.54) is 23.0 Å². The van der Waals surface area contributed by atoms with Crippen LogP contribution in [0.4, 0.5) is 13.2 Å². The monoisotopic (exact) mass is 217 g/mol. The molecule has 0 spiro atoms. The van der Waals surface area contributed by atoms with Crippen LogP contribution in [0, 0.1) is 11.8 Å². The summed E-state index contributed by atoms with van der Waals surface area (Å²) >= 11 is 0. The molecule has 0 amide bonds. The summed E-state index contributed by atoms with van der Waals surface area (Å²) in [5.41, 5.74) is -0.166. The van der Waals surface area contributed by atoms with Gasteiger partial charge < -0.3 is 9.67 Å². The molecule has 5 heteroatoms. The van der Waals surface area contributed by atoms with Crippen LogP contribution >= 0.6 is 0 Å². The Kier molecular flexibility index (Phi) is 3.43. The predicted molar refractivity (Wildman–Crippen MR) is 48.9 cm³/mol. The quantitative estimate of drug-likeness (QED) is 0.754. The number of aliphatic hydroxyl groups is 1. The number of alkyl halides is 3. The summed E-state index contributed by atoms with van der Waals surface area (Å²) in [4.78, 5) is 0. The fraction of sp³-hybridized carbons (Fsp3) is 0.400. The first-order valence-electron chi connectivity index (χ1n) is 4.25. The summed E-state index contributed by atoms with van der Waals surface area (Å²) in [6, 6.07) is 1.23. The van der Waals surface area contributed by atoms with Crippen LogP contribution in [0.15, 0.2) is 18.5 Å². The van der Waals surface area contributed by atoms with Gasteiger partial charge in [0.15, 0.2) is 6.10 Å². The lowest BCUT2D eigenvalue weighted by Gasteiger charge is -2.12. The minimum absolute atomic E-state index is 0.166. The van der Waals surface area contributed by atoms with Crippen molar-refractivity contribution < 1.29 is 18.3 Å². The molecule has 0 saturated heterocycles. The van der Waals surface area contributed by atoms with Crippen LogP contribution in [0.3, 0.4) is 0 Å². The van der Waals surface area contributed by atoms with E-state index in [9.17, 15) is 13.2 Å². The smallest absolute Gasteiger partial charge is 0.379 e. The highest BCUT2D eigenvalue weighted by molar-refractivity contribution is 5.16. The zero-order valence-electron chi connectivity index (χ0n) is 8.04. The lowest BCUT2D eigenvalue weighted by atomic mass is 10.2. The molecule has 0 bridgehead atoms. The maximum absolute atomic E-state index is 12.1. The van der Waals surface area contributed by atoms with Crippen molar-refractivity contribution in [2.24, 2.45) is 0 Å². The Morgan fingerprint density at radius 2 is 2.20 bits per heavy atom. The lowest BCUT2D eigenvalue weighted by molar-refractivity contribution is -0.206. The first kappa shape index (κ1) is 11.7. The van der Waals surface area contributed by atoms with E-state index in [0.717, 1.165) is 0 Å². The molecule has 15 heavy (non-hydrogen) atoms. The Morgan fingerprint density at radius 3 is 2.73 bits per heavy atom. The van der Waals surface area contributed by atoms with Crippen molar-refractivity contribution in [2.75, 3.05) is 0 Å². The third-order valence-corrected chi connectivity index (χ3v) is 1.84. The maximum atomic E-state index is 12.1. The van der Waals surface area contributed by atoms with E-state index < -0.39 is 12.3 Å². The number of halogens is 3. The van der Waals surface area contributed by atoms with Crippen LogP contribution in [-0.4, -0.2) is 15.8 Å². The fourth-order valence-corrected chi connectivity index (χ4v) is 1.08. The van der Waals surface area contributed by atoms with Gasteiger partial charge in [-0.25, -0.2) is 0 Å². The highest BCUT2D eigenvalue weighted by atomic mass is 19.4. The van der Waals surface area contributed by atoms with Crippen molar-refractivity contribution in [3.63, 3.8) is 0 Å². The van der Waals surface area contributed by atoms with Gasteiger partial charge in [-0.2, -0.15) is 13.2 Å². The first-order valence-corrected chi connectivity index (χ1v) is 4.25. The Bertz CT molecular complexity index is 383. The fourth-order valence-electron chi connectivity index (χ4n) is 1.08. The van der Waals surface area contributed by atoms with E-state index in [-0.39, 0.29) is 5.56 Å². The molecule has 1 heterocycles. The Hall–Kier alpha value is -1.41. The van der Waals surface area contributed by atoms with E-state index in [4.69, 9.17) is 5.11 Å². The van der Waals surface area contributed by atoms with Gasteiger partial charge in [-0.3, -0.25) is 0 Å². The van der Waals surface area contributed by atoms with Crippen molar-refractivity contribution in [1.82, 2.24) is 4.57 Å². The first-order chi connectivity index (χ1) is 6.95. The SMILES string of the molecule is CC#CCn1ccc(C(O)C(F)(F)F)c1. The van der Waals surface area contributed by atoms with E-state index in [2.05, 4.69) is 11.8 Å². The number of aromatic nitrogens is 1. The van der Waals surface area contributed by atoms with Crippen LogP contribution in [0.5, 0.6) is 0 Å². The summed E-state index contributed by atoms with van der Waals surface area (Å²) in [6.45, 7) is 1.97. The number of hydrogen-bond acceptors (Lipinski definition) is 1. The van der Waals surface area contributed by atoms with Crippen LogP contribution in [-0.2, 0) is 6.54 Å². The second-order valence-corrected chi connectivity index (χ2v) is 2.99. The van der Waals surface area contributed by atoms with Crippen molar-refractivity contribution in [3.8, 4) is 11.8 Å². The third kappa shape index (κ3) is 3.03. The van der Waals surface area contributed by atoms with E-state index in [1.54, 1.807) is 6.92 Å². The minimum atomic E-state index is -4.62. The molecule has 1 aromatic heterocycles. The number of hydrogen-bond donors (Lipinski definition) is 1. The van der Waals surface area contributed by atoms with Crippen molar-refractivity contribution in [1.29, 1.82) is 0 Å². The Labute approximate surface area is 85.3 Å². The standard InChI is InChI=1S/C10H10F3NO/c1-2-3-5-14-6-4-8(7-14)9(15)10(11,12)13/h4,6-7,9,15H,5H2,1H3. The van der Waals surface area contributed by atoms with Crippen molar-refractivity contribution >= 4 is 0 Å². The molecule has 0 aromatic carbocycles. The molecule has 1 atom stereocenters. The highest BCUT2D eigenvalue weighted by Crippen LogP contribution is 2.32. The Balaban J connectivity index is 2.78. The van der Waals surface area contributed by atoms with Gasteiger partial charge in [0.25, 0.3) is 0 Å². The van der Waals surface area contributed by atoms with Crippen molar-refractivity contribution in [2.45, 2.75) is 25.7 Å². The molecule has 1 aromatic rings. The minimum Gasteiger partial charge on any atom is -0.379 e. The van der Waals surface area contributed by atoms with Gasteiger partial charge in [0.05, 0.1) is 6.54 Å². The van der Waals surface area contributed by atoms with Gasteiger partial charge in [0.2, 0.25) is 0 Å². The Morgan fingerprint density at radius 1 is 1.53 bits per heavy atom. The normalized spacial score (nSPS) is 13.1. The summed E-state index contributed by atoms with van der Waals surface area (Å²) in [5.74, 6) is 5.33. The van der Waals surface area contributed by atoms with E-state index in [0.29, 0.717) is 6.54 Å². The lowest BCUT2D eigenvalue weighted by Crippen LogP contribution is -2.19. The zero-order valence-corrected chi connectivity index (χ0v) is 8.04. The average molecular weight is 217 g/mol. The van der Waals surface area contributed by atoms with Crippen LogP contribution < -0.4 is 0 Å². The molecular formula is C10H10F3NO. The second-order valence-electron chi connectivity index (χ2n) is 2.99. The zero-order chi connectivity index (χ0) is 11.5. The molecule has 0 saturated carbocycles. The van der Waals surface area contributed by atoms with Crippen LogP contribution in [0.2, 0.25) is 0 Å². The summed E-state index contributed by atoms with van der Waals surface area (Å²) in [6.07, 6.45) is -4.35. The van der Waals surface area contributed by atoms with Crippen LogP contribution in [0.25, 0.3) is 0 Å². The van der Waals surface area contributed by atoms with Crippen LogP contribution in [0.1, 0.15) is 18.6 Å². The summed E-state index contributed by atoms with van der Waals surface area (Å²) in [5, 5.41) is 8.92. The molecule has 1 N–H and O–H groups in total. The van der Waals surface area contributed by atoms with Gasteiger partial charge in [-0.1, -0.05) is 5.92 Å². The van der Waals surface area contributed by atoms with E-state index >= 15 is 0 Å². The maximum Gasteiger partial charge on any atom is 0.418 e. The topological polar surface area (TPSA) is 25.2 Å². The molecule has 1 unspecified atom stereocenters. The summed E-state index contributed by atoms with van der Waals surface area (Å²) < 4.78 is 37.8. The van der Waals surface area contributed by atoms with E-state index in [1.807, 2.05) is 0 Å². The molecule has 0 radical (unpaired) electrons. The average Bonchev–Trinajstić information content (AvgIpc) is 2.60. The van der Waals surface area contributed by atoms with Gasteiger partial charge in [0, 0.05) is 18.0 Å². The molecule has 2 nitrogen and oxygen atoms in total. The molecular weight excluding hydrogens is 207 g/mol. The molecule has 0 aliphatic rings. The van der Waals surface area contributed by atoms with Gasteiger partial charge in [-0.05, 0) is 13.0 Å². The molecule has 0 fully saturated rings. The van der Waals surface area contributed by atoms with Crippen molar-refractivity contribution in [3.05, 3.63) is 24.0 Å². The molecule has 0 aliphatic carbocycles. The number of nitrogens with zero attached hydrogens (tertiary/aromatic N) is 1.